The van der Waals surface area contributed by atoms with Gasteiger partial charge in [-0.1, -0.05) is 19.1 Å². The van der Waals surface area contributed by atoms with Crippen molar-refractivity contribution in [3.63, 3.8) is 0 Å². The number of piperazine rings is 1. The van der Waals surface area contributed by atoms with Crippen molar-refractivity contribution in [1.82, 2.24) is 25.2 Å². The van der Waals surface area contributed by atoms with Crippen LogP contribution < -0.4 is 5.32 Å². The molecule has 1 saturated heterocycles. The maximum absolute atomic E-state index is 12.5. The molecule has 1 aliphatic rings. The van der Waals surface area contributed by atoms with Crippen molar-refractivity contribution in [2.45, 2.75) is 51.7 Å². The number of aryl methyl sites for hydroxylation is 1. The number of nitrogens with zero attached hydrogens (tertiary/aromatic N) is 4. The van der Waals surface area contributed by atoms with E-state index in [1.807, 2.05) is 13.8 Å². The van der Waals surface area contributed by atoms with Crippen molar-refractivity contribution in [1.29, 1.82) is 0 Å². The van der Waals surface area contributed by atoms with Crippen molar-refractivity contribution in [2.24, 2.45) is 7.05 Å². The zero-order valence-corrected chi connectivity index (χ0v) is 12.4. The average Bonchev–Trinajstić information content (AvgIpc) is 2.82. The lowest BCUT2D eigenvalue weighted by atomic mass is 9.86. The average molecular weight is 279 g/mol. The highest BCUT2D eigenvalue weighted by molar-refractivity contribution is 5.99. The van der Waals surface area contributed by atoms with E-state index < -0.39 is 11.6 Å². The highest BCUT2D eigenvalue weighted by Gasteiger charge is 2.49. The van der Waals surface area contributed by atoms with Gasteiger partial charge in [0.1, 0.15) is 17.3 Å². The van der Waals surface area contributed by atoms with E-state index in [1.165, 1.54) is 0 Å². The molecule has 1 aromatic heterocycles. The zero-order chi connectivity index (χ0) is 14.9. The van der Waals surface area contributed by atoms with Crippen LogP contribution >= 0.6 is 0 Å². The van der Waals surface area contributed by atoms with E-state index in [0.717, 1.165) is 0 Å². The molecular weight excluding hydrogens is 258 g/mol. The van der Waals surface area contributed by atoms with Crippen LogP contribution in [0, 0.1) is 0 Å². The molecule has 7 heteroatoms. The summed E-state index contributed by atoms with van der Waals surface area (Å²) in [6.07, 6.45) is 2.92. The Morgan fingerprint density at radius 2 is 2.00 bits per heavy atom. The topological polar surface area (TPSA) is 80.1 Å². The molecule has 1 N–H and O–H groups in total. The number of carbonyl (C=O) groups is 2. The molecule has 0 aliphatic carbocycles. The number of rotatable bonds is 4. The van der Waals surface area contributed by atoms with E-state index in [4.69, 9.17) is 0 Å². The SMILES string of the molecule is CCC1(CC)C(=O)NC(C)C(=O)N1Cc1cn(C)nn1. The highest BCUT2D eigenvalue weighted by atomic mass is 16.2. The normalized spacial score (nSPS) is 22.0. The van der Waals surface area contributed by atoms with Gasteiger partial charge in [-0.2, -0.15) is 0 Å². The lowest BCUT2D eigenvalue weighted by Crippen LogP contribution is -2.69. The monoisotopic (exact) mass is 279 g/mol. The molecule has 1 aromatic rings. The van der Waals surface area contributed by atoms with Gasteiger partial charge in [-0.05, 0) is 19.8 Å². The van der Waals surface area contributed by atoms with Crippen LogP contribution in [0.2, 0.25) is 0 Å². The summed E-state index contributed by atoms with van der Waals surface area (Å²) in [5.74, 6) is -0.155. The summed E-state index contributed by atoms with van der Waals surface area (Å²) in [7, 11) is 1.77. The molecule has 1 fully saturated rings. The molecule has 0 radical (unpaired) electrons. The quantitative estimate of drug-likeness (QED) is 0.855. The van der Waals surface area contributed by atoms with Crippen LogP contribution in [-0.2, 0) is 23.2 Å². The predicted molar refractivity (Wildman–Crippen MR) is 72.5 cm³/mol. The van der Waals surface area contributed by atoms with E-state index in [2.05, 4.69) is 15.6 Å². The third kappa shape index (κ3) is 2.17. The molecule has 7 nitrogen and oxygen atoms in total. The van der Waals surface area contributed by atoms with E-state index in [1.54, 1.807) is 29.7 Å². The Morgan fingerprint density at radius 1 is 1.35 bits per heavy atom. The Hall–Kier alpha value is -1.92. The number of hydrogen-bond acceptors (Lipinski definition) is 4. The summed E-state index contributed by atoms with van der Waals surface area (Å²) in [5, 5.41) is 10.7. The van der Waals surface area contributed by atoms with Crippen LogP contribution in [0.1, 0.15) is 39.3 Å². The van der Waals surface area contributed by atoms with Gasteiger partial charge in [0, 0.05) is 13.2 Å². The van der Waals surface area contributed by atoms with Crippen molar-refractivity contribution in [2.75, 3.05) is 0 Å². The van der Waals surface area contributed by atoms with Crippen LogP contribution in [0.25, 0.3) is 0 Å². The van der Waals surface area contributed by atoms with E-state index in [0.29, 0.717) is 25.1 Å². The summed E-state index contributed by atoms with van der Waals surface area (Å²) in [5.41, 5.74) is -0.102. The first-order chi connectivity index (χ1) is 9.44. The molecule has 20 heavy (non-hydrogen) atoms. The molecule has 1 aliphatic heterocycles. The van der Waals surface area contributed by atoms with Gasteiger partial charge in [-0.15, -0.1) is 5.10 Å². The Labute approximate surface area is 118 Å². The van der Waals surface area contributed by atoms with Crippen molar-refractivity contribution < 1.29 is 9.59 Å². The molecule has 1 atom stereocenters. The minimum atomic E-state index is -0.791. The van der Waals surface area contributed by atoms with Gasteiger partial charge in [0.05, 0.1) is 6.54 Å². The van der Waals surface area contributed by atoms with Gasteiger partial charge in [0.25, 0.3) is 0 Å². The van der Waals surface area contributed by atoms with Crippen molar-refractivity contribution >= 4 is 11.8 Å². The molecule has 0 bridgehead atoms. The molecule has 2 rings (SSSR count). The molecule has 2 heterocycles. The summed E-state index contributed by atoms with van der Waals surface area (Å²) in [6, 6.07) is -0.495. The van der Waals surface area contributed by atoms with Gasteiger partial charge in [-0.25, -0.2) is 0 Å². The van der Waals surface area contributed by atoms with Crippen molar-refractivity contribution in [3.8, 4) is 0 Å². The Morgan fingerprint density at radius 3 is 2.50 bits per heavy atom. The van der Waals surface area contributed by atoms with Gasteiger partial charge in [-0.3, -0.25) is 14.3 Å². The maximum Gasteiger partial charge on any atom is 0.246 e. The second-order valence-electron chi connectivity index (χ2n) is 5.24. The van der Waals surface area contributed by atoms with Crippen LogP contribution in [0.4, 0.5) is 0 Å². The smallest absolute Gasteiger partial charge is 0.246 e. The van der Waals surface area contributed by atoms with Crippen LogP contribution in [0.3, 0.4) is 0 Å². The minimum Gasteiger partial charge on any atom is -0.343 e. The second-order valence-corrected chi connectivity index (χ2v) is 5.24. The maximum atomic E-state index is 12.5. The molecule has 0 spiro atoms. The fourth-order valence-corrected chi connectivity index (χ4v) is 2.77. The summed E-state index contributed by atoms with van der Waals surface area (Å²) < 4.78 is 1.59. The largest absolute Gasteiger partial charge is 0.343 e. The molecule has 110 valence electrons. The Balaban J connectivity index is 2.36. The first-order valence-corrected chi connectivity index (χ1v) is 6.92. The van der Waals surface area contributed by atoms with Crippen LogP contribution in [0.5, 0.6) is 0 Å². The molecule has 0 saturated carbocycles. The van der Waals surface area contributed by atoms with Gasteiger partial charge >= 0.3 is 0 Å². The number of aromatic nitrogens is 3. The first kappa shape index (κ1) is 14.5. The van der Waals surface area contributed by atoms with Crippen LogP contribution in [0.15, 0.2) is 6.20 Å². The van der Waals surface area contributed by atoms with Crippen molar-refractivity contribution in [3.05, 3.63) is 11.9 Å². The van der Waals surface area contributed by atoms with Crippen LogP contribution in [-0.4, -0.2) is 43.3 Å². The number of carbonyl (C=O) groups excluding carboxylic acids is 2. The van der Waals surface area contributed by atoms with Gasteiger partial charge in [0.15, 0.2) is 0 Å². The highest BCUT2D eigenvalue weighted by Crippen LogP contribution is 2.30. The second kappa shape index (κ2) is 5.22. The minimum absolute atomic E-state index is 0.0704. The van der Waals surface area contributed by atoms with E-state index in [9.17, 15) is 9.59 Å². The van der Waals surface area contributed by atoms with Gasteiger partial charge in [0.2, 0.25) is 11.8 Å². The standard InChI is InChI=1S/C13H21N5O2/c1-5-13(6-2)12(20)14-9(3)11(19)18(13)8-10-7-17(4)16-15-10/h7,9H,5-6,8H2,1-4H3,(H,14,20). The Bertz CT molecular complexity index is 521. The third-order valence-electron chi connectivity index (χ3n) is 4.06. The molecule has 1 unspecified atom stereocenters. The molecule has 0 aromatic carbocycles. The first-order valence-electron chi connectivity index (χ1n) is 6.92. The number of nitrogens with one attached hydrogen (secondary N) is 1. The fourth-order valence-electron chi connectivity index (χ4n) is 2.77. The lowest BCUT2D eigenvalue weighted by molar-refractivity contribution is -0.158. The zero-order valence-electron chi connectivity index (χ0n) is 12.4. The number of hydrogen-bond donors (Lipinski definition) is 1. The summed E-state index contributed by atoms with van der Waals surface area (Å²) >= 11 is 0. The predicted octanol–water partition coefficient (Wildman–Crippen LogP) is 0.221. The fraction of sp³-hybridized carbons (Fsp3) is 0.692. The summed E-state index contributed by atoms with van der Waals surface area (Å²) in [6.45, 7) is 5.87. The lowest BCUT2D eigenvalue weighted by Gasteiger charge is -2.46. The Kier molecular flexibility index (Phi) is 3.78. The molecule has 2 amide bonds. The van der Waals surface area contributed by atoms with E-state index >= 15 is 0 Å². The number of amides is 2. The summed E-state index contributed by atoms with van der Waals surface area (Å²) in [4.78, 5) is 26.5. The van der Waals surface area contributed by atoms with E-state index in [-0.39, 0.29) is 11.8 Å². The van der Waals surface area contributed by atoms with Gasteiger partial charge < -0.3 is 10.2 Å². The molecular formula is C13H21N5O2. The third-order valence-corrected chi connectivity index (χ3v) is 4.06.